The summed E-state index contributed by atoms with van der Waals surface area (Å²) in [4.78, 5) is 0. The summed E-state index contributed by atoms with van der Waals surface area (Å²) in [7, 11) is 0. The van der Waals surface area contributed by atoms with Gasteiger partial charge in [-0.05, 0) is 0 Å². The fraction of sp³-hybridized carbons (Fsp3) is 0.833. The first-order valence-corrected chi connectivity index (χ1v) is 3.42. The molecule has 4 N–H and O–H groups in total. The molecule has 72 valence electrons. The summed E-state index contributed by atoms with van der Waals surface area (Å²) in [5.74, 6) is 4.90. The topological polar surface area (TPSA) is 67.6 Å². The maximum atomic E-state index is 11.8. The number of hydrazine groups is 1. The summed E-state index contributed by atoms with van der Waals surface area (Å²) in [6.45, 7) is 2.44. The zero-order chi connectivity index (χ0) is 9.94. The smallest absolute Gasteiger partial charge is 0.342 e. The average Bonchev–Trinajstić information content (AvgIpc) is 1.85. The van der Waals surface area contributed by atoms with Crippen molar-refractivity contribution in [1.29, 1.82) is 0 Å². The van der Waals surface area contributed by atoms with Crippen LogP contribution in [0.3, 0.4) is 0 Å². The first kappa shape index (κ1) is 11.1. The van der Waals surface area contributed by atoms with E-state index in [-0.39, 0.29) is 11.0 Å². The van der Waals surface area contributed by atoms with Crippen LogP contribution in [-0.2, 0) is 0 Å². The van der Waals surface area contributed by atoms with Crippen LogP contribution >= 0.6 is 0 Å². The van der Waals surface area contributed by atoms with Crippen LogP contribution in [0.2, 0.25) is 0 Å². The normalized spacial score (nSPS) is 13.8. The van der Waals surface area contributed by atoms with E-state index in [1.165, 1.54) is 0 Å². The van der Waals surface area contributed by atoms with Gasteiger partial charge in [-0.1, -0.05) is 20.8 Å². The zero-order valence-electron chi connectivity index (χ0n) is 7.38. The van der Waals surface area contributed by atoms with E-state index in [2.05, 4.69) is 5.10 Å². The summed E-state index contributed by atoms with van der Waals surface area (Å²) in [5, 5.41) is 3.35. The molecule has 0 amide bonds. The molecule has 0 saturated heterocycles. The van der Waals surface area contributed by atoms with E-state index >= 15 is 0 Å². The van der Waals surface area contributed by atoms with Crippen LogP contribution in [0.4, 0.5) is 8.78 Å². The van der Waals surface area contributed by atoms with E-state index < -0.39 is 12.0 Å². The molecule has 0 unspecified atom stereocenters. The van der Waals surface area contributed by atoms with E-state index in [0.29, 0.717) is 0 Å². The van der Waals surface area contributed by atoms with E-state index in [1.54, 1.807) is 20.8 Å². The molecule has 0 saturated carbocycles. The molecular formula is C6H14F2N4. The number of nitrogens with two attached hydrogens (primary N) is 2. The van der Waals surface area contributed by atoms with Crippen molar-refractivity contribution >= 4 is 5.84 Å². The van der Waals surface area contributed by atoms with Crippen LogP contribution in [0.15, 0.2) is 5.10 Å². The van der Waals surface area contributed by atoms with Crippen LogP contribution < -0.4 is 11.6 Å². The molecule has 0 rings (SSSR count). The Morgan fingerprint density at radius 3 is 2.08 bits per heavy atom. The van der Waals surface area contributed by atoms with Crippen LogP contribution in [0.1, 0.15) is 20.8 Å². The number of hydrazone groups is 1. The van der Waals surface area contributed by atoms with Gasteiger partial charge in [-0.25, -0.2) is 5.84 Å². The summed E-state index contributed by atoms with van der Waals surface area (Å²) in [6, 6.07) is 0. The number of hydrogen-bond acceptors (Lipinski definition) is 3. The van der Waals surface area contributed by atoms with Gasteiger partial charge < -0.3 is 5.73 Å². The van der Waals surface area contributed by atoms with Gasteiger partial charge in [-0.2, -0.15) is 13.9 Å². The summed E-state index contributed by atoms with van der Waals surface area (Å²) < 4.78 is 23.6. The molecule has 0 radical (unpaired) electrons. The lowest BCUT2D eigenvalue weighted by atomic mass is 9.96. The maximum absolute atomic E-state index is 11.8. The Balaban J connectivity index is 4.36. The van der Waals surface area contributed by atoms with E-state index in [9.17, 15) is 8.78 Å². The zero-order valence-corrected chi connectivity index (χ0v) is 7.38. The summed E-state index contributed by atoms with van der Waals surface area (Å²) in [5.41, 5.74) is 4.93. The first-order chi connectivity index (χ1) is 5.25. The molecule has 0 aromatic carbocycles. The predicted molar refractivity (Wildman–Crippen MR) is 43.1 cm³/mol. The van der Waals surface area contributed by atoms with Crippen molar-refractivity contribution in [2.75, 3.05) is 0 Å². The number of hydrogen-bond donors (Lipinski definition) is 2. The lowest BCUT2D eigenvalue weighted by Crippen LogP contribution is -2.37. The molecule has 0 spiro atoms. The third-order valence-electron chi connectivity index (χ3n) is 1.19. The van der Waals surface area contributed by atoms with Crippen LogP contribution in [0.25, 0.3) is 0 Å². The van der Waals surface area contributed by atoms with E-state index in [0.717, 1.165) is 0 Å². The molecular weight excluding hydrogens is 166 g/mol. The molecule has 12 heavy (non-hydrogen) atoms. The van der Waals surface area contributed by atoms with Gasteiger partial charge in [0.15, 0.2) is 0 Å². The van der Waals surface area contributed by atoms with E-state index in [1.807, 2.05) is 0 Å². The SMILES string of the molecule is CC(C)(C)/C(N)=N/N(N)C(F)F. The molecule has 0 aliphatic heterocycles. The minimum Gasteiger partial charge on any atom is -0.385 e. The molecule has 0 aliphatic carbocycles. The van der Waals surface area contributed by atoms with Crippen LogP contribution in [0, 0.1) is 5.41 Å². The van der Waals surface area contributed by atoms with Gasteiger partial charge in [0.25, 0.3) is 0 Å². The van der Waals surface area contributed by atoms with Gasteiger partial charge in [0.2, 0.25) is 0 Å². The predicted octanol–water partition coefficient (Wildman–Crippen LogP) is 0.703. The van der Waals surface area contributed by atoms with E-state index in [4.69, 9.17) is 11.6 Å². The summed E-state index contributed by atoms with van der Waals surface area (Å²) >= 11 is 0. The quantitative estimate of drug-likeness (QED) is 0.216. The van der Waals surface area contributed by atoms with Crippen LogP contribution in [0.5, 0.6) is 0 Å². The molecule has 0 aromatic rings. The van der Waals surface area contributed by atoms with Gasteiger partial charge >= 0.3 is 6.55 Å². The average molecular weight is 180 g/mol. The summed E-state index contributed by atoms with van der Waals surface area (Å²) in [6.07, 6.45) is 0. The van der Waals surface area contributed by atoms with Gasteiger partial charge in [-0.15, -0.1) is 5.10 Å². The Morgan fingerprint density at radius 2 is 1.83 bits per heavy atom. The van der Waals surface area contributed by atoms with Crippen molar-refractivity contribution in [3.63, 3.8) is 0 Å². The largest absolute Gasteiger partial charge is 0.385 e. The second-order valence-corrected chi connectivity index (χ2v) is 3.39. The van der Waals surface area contributed by atoms with Gasteiger partial charge in [0.1, 0.15) is 5.84 Å². The van der Waals surface area contributed by atoms with Gasteiger partial charge in [0, 0.05) is 5.41 Å². The Hall–Kier alpha value is -0.910. The molecule has 0 fully saturated rings. The molecule has 0 heterocycles. The highest BCUT2D eigenvalue weighted by atomic mass is 19.3. The lowest BCUT2D eigenvalue weighted by Gasteiger charge is -2.20. The standard InChI is InChI=1S/C6H14F2N4/c1-6(2,3)4(9)11-12(10)5(7)8/h5H,10H2,1-3H3,(H2,9,11). The molecule has 6 heteroatoms. The molecule has 0 aliphatic rings. The highest BCUT2D eigenvalue weighted by molar-refractivity contribution is 5.85. The third kappa shape index (κ3) is 3.47. The molecule has 0 atom stereocenters. The minimum atomic E-state index is -2.83. The highest BCUT2D eigenvalue weighted by Gasteiger charge is 2.18. The molecule has 0 aromatic heterocycles. The number of nitrogens with zero attached hydrogens (tertiary/aromatic N) is 2. The van der Waals surface area contributed by atoms with Crippen molar-refractivity contribution in [3.05, 3.63) is 0 Å². The number of rotatable bonds is 2. The van der Waals surface area contributed by atoms with Crippen molar-refractivity contribution in [1.82, 2.24) is 5.12 Å². The Labute approximate surface area is 70.2 Å². The molecule has 0 bridgehead atoms. The minimum absolute atomic E-state index is 0.0422. The monoisotopic (exact) mass is 180 g/mol. The number of alkyl halides is 2. The number of halogens is 2. The Bertz CT molecular complexity index is 173. The third-order valence-corrected chi connectivity index (χ3v) is 1.19. The van der Waals surface area contributed by atoms with Crippen molar-refractivity contribution < 1.29 is 8.78 Å². The van der Waals surface area contributed by atoms with Gasteiger partial charge in [-0.3, -0.25) is 0 Å². The fourth-order valence-electron chi connectivity index (χ4n) is 0.318. The van der Waals surface area contributed by atoms with Crippen molar-refractivity contribution in [3.8, 4) is 0 Å². The Kier molecular flexibility index (Phi) is 3.38. The molecule has 4 nitrogen and oxygen atoms in total. The van der Waals surface area contributed by atoms with Crippen molar-refractivity contribution in [2.24, 2.45) is 22.1 Å². The lowest BCUT2D eigenvalue weighted by molar-refractivity contribution is -0.0273. The Morgan fingerprint density at radius 1 is 1.42 bits per heavy atom. The fourth-order valence-corrected chi connectivity index (χ4v) is 0.318. The van der Waals surface area contributed by atoms with Gasteiger partial charge in [0.05, 0.1) is 0 Å². The second-order valence-electron chi connectivity index (χ2n) is 3.39. The number of amidine groups is 1. The maximum Gasteiger partial charge on any atom is 0.342 e. The second kappa shape index (κ2) is 3.66. The van der Waals surface area contributed by atoms with Crippen molar-refractivity contribution in [2.45, 2.75) is 27.3 Å². The first-order valence-electron chi connectivity index (χ1n) is 3.42. The van der Waals surface area contributed by atoms with Crippen LogP contribution in [-0.4, -0.2) is 17.5 Å². The highest BCUT2D eigenvalue weighted by Crippen LogP contribution is 2.13.